The maximum absolute atomic E-state index is 5.31. The fourth-order valence-corrected chi connectivity index (χ4v) is 4.33. The minimum absolute atomic E-state index is 0.807. The molecule has 1 aromatic heterocycles. The van der Waals surface area contributed by atoms with Crippen molar-refractivity contribution in [1.82, 2.24) is 14.8 Å². The number of aromatic nitrogens is 3. The van der Waals surface area contributed by atoms with Gasteiger partial charge in [-0.25, -0.2) is 0 Å². The molecule has 0 radical (unpaired) electrons. The Hall–Kier alpha value is -2.57. The zero-order chi connectivity index (χ0) is 20.2. The number of ether oxygens (including phenoxy) is 1. The largest absolute Gasteiger partial charge is 0.497 e. The average Bonchev–Trinajstić information content (AvgIpc) is 3.17. The molecular formula is C23H20BrN3OS. The molecule has 4 aromatic rings. The van der Waals surface area contributed by atoms with Gasteiger partial charge >= 0.3 is 0 Å². The molecule has 0 aliphatic carbocycles. The minimum atomic E-state index is 0.807. The van der Waals surface area contributed by atoms with Gasteiger partial charge in [0, 0.05) is 21.5 Å². The molecule has 6 heteroatoms. The van der Waals surface area contributed by atoms with Crippen LogP contribution in [0.5, 0.6) is 5.75 Å². The Morgan fingerprint density at radius 1 is 0.966 bits per heavy atom. The second-order valence-corrected chi connectivity index (χ2v) is 8.48. The lowest BCUT2D eigenvalue weighted by Crippen LogP contribution is -2.00. The molecule has 4 rings (SSSR count). The van der Waals surface area contributed by atoms with Gasteiger partial charge in [-0.05, 0) is 48.9 Å². The van der Waals surface area contributed by atoms with Crippen LogP contribution in [0, 0.1) is 6.92 Å². The van der Waals surface area contributed by atoms with Gasteiger partial charge in [0.05, 0.1) is 7.11 Å². The van der Waals surface area contributed by atoms with Crippen LogP contribution in [0.1, 0.15) is 11.1 Å². The third-order valence-corrected chi connectivity index (χ3v) is 6.02. The van der Waals surface area contributed by atoms with E-state index in [0.717, 1.165) is 38.2 Å². The highest BCUT2D eigenvalue weighted by molar-refractivity contribution is 9.10. The van der Waals surface area contributed by atoms with Crippen LogP contribution in [-0.4, -0.2) is 21.9 Å². The van der Waals surface area contributed by atoms with Crippen LogP contribution in [-0.2, 0) is 5.75 Å². The topological polar surface area (TPSA) is 39.9 Å². The van der Waals surface area contributed by atoms with Crippen molar-refractivity contribution in [2.45, 2.75) is 17.8 Å². The molecule has 146 valence electrons. The highest BCUT2D eigenvalue weighted by Gasteiger charge is 2.16. The number of hydrogen-bond acceptors (Lipinski definition) is 4. The number of benzene rings is 3. The average molecular weight is 466 g/mol. The molecule has 0 atom stereocenters. The molecule has 0 fully saturated rings. The summed E-state index contributed by atoms with van der Waals surface area (Å²) in [5.41, 5.74) is 4.48. The van der Waals surface area contributed by atoms with Crippen LogP contribution in [0.25, 0.3) is 17.1 Å². The van der Waals surface area contributed by atoms with Crippen LogP contribution < -0.4 is 4.74 Å². The number of aryl methyl sites for hydroxylation is 1. The lowest BCUT2D eigenvalue weighted by molar-refractivity contribution is 0.414. The van der Waals surface area contributed by atoms with Gasteiger partial charge < -0.3 is 4.74 Å². The first kappa shape index (κ1) is 19.7. The van der Waals surface area contributed by atoms with E-state index >= 15 is 0 Å². The molecule has 0 saturated heterocycles. The number of halogens is 1. The SMILES string of the molecule is COc1ccc(-n2c(SCc3cccc(Br)c3)nnc2-c2ccc(C)cc2)cc1. The first-order valence-electron chi connectivity index (χ1n) is 9.18. The summed E-state index contributed by atoms with van der Waals surface area (Å²) < 4.78 is 8.49. The van der Waals surface area contributed by atoms with E-state index in [4.69, 9.17) is 4.74 Å². The van der Waals surface area contributed by atoms with Gasteiger partial charge in [0.1, 0.15) is 5.75 Å². The van der Waals surface area contributed by atoms with Gasteiger partial charge in [-0.2, -0.15) is 0 Å². The van der Waals surface area contributed by atoms with E-state index in [9.17, 15) is 0 Å². The second kappa shape index (κ2) is 8.84. The van der Waals surface area contributed by atoms with Gasteiger partial charge in [-0.1, -0.05) is 69.7 Å². The zero-order valence-corrected chi connectivity index (χ0v) is 18.6. The molecule has 0 spiro atoms. The summed E-state index contributed by atoms with van der Waals surface area (Å²) in [5.74, 6) is 2.45. The van der Waals surface area contributed by atoms with E-state index in [1.54, 1.807) is 18.9 Å². The van der Waals surface area contributed by atoms with Crippen LogP contribution >= 0.6 is 27.7 Å². The second-order valence-electron chi connectivity index (χ2n) is 6.62. The highest BCUT2D eigenvalue weighted by atomic mass is 79.9. The molecule has 0 amide bonds. The summed E-state index contributed by atoms with van der Waals surface area (Å²) >= 11 is 5.21. The van der Waals surface area contributed by atoms with Gasteiger partial charge in [-0.15, -0.1) is 10.2 Å². The molecule has 0 aliphatic heterocycles. The van der Waals surface area contributed by atoms with E-state index < -0.39 is 0 Å². The Morgan fingerprint density at radius 3 is 2.41 bits per heavy atom. The van der Waals surface area contributed by atoms with Crippen molar-refractivity contribution >= 4 is 27.7 Å². The molecule has 1 heterocycles. The van der Waals surface area contributed by atoms with E-state index in [2.05, 4.69) is 74.0 Å². The highest BCUT2D eigenvalue weighted by Crippen LogP contribution is 2.31. The first-order valence-corrected chi connectivity index (χ1v) is 11.0. The van der Waals surface area contributed by atoms with Gasteiger partial charge in [-0.3, -0.25) is 4.57 Å². The smallest absolute Gasteiger partial charge is 0.196 e. The van der Waals surface area contributed by atoms with Crippen molar-refractivity contribution < 1.29 is 4.74 Å². The standard InChI is InChI=1S/C23H20BrN3OS/c1-16-6-8-18(9-7-16)22-25-26-23(29-15-17-4-3-5-19(24)14-17)27(22)20-10-12-21(28-2)13-11-20/h3-14H,15H2,1-2H3. The molecule has 0 aliphatic rings. The predicted octanol–water partition coefficient (Wildman–Crippen LogP) is 6.31. The molecule has 0 unspecified atom stereocenters. The summed E-state index contributed by atoms with van der Waals surface area (Å²) in [4.78, 5) is 0. The molecular weight excluding hydrogens is 446 g/mol. The van der Waals surface area contributed by atoms with Crippen LogP contribution in [0.15, 0.2) is 82.4 Å². The summed E-state index contributed by atoms with van der Waals surface area (Å²) in [5, 5.41) is 9.87. The summed E-state index contributed by atoms with van der Waals surface area (Å²) in [6.45, 7) is 2.08. The molecule has 4 nitrogen and oxygen atoms in total. The quantitative estimate of drug-likeness (QED) is 0.313. The van der Waals surface area contributed by atoms with Crippen molar-refractivity contribution in [3.05, 3.63) is 88.4 Å². The molecule has 0 N–H and O–H groups in total. The normalized spacial score (nSPS) is 10.9. The zero-order valence-electron chi connectivity index (χ0n) is 16.2. The van der Waals surface area contributed by atoms with Crippen molar-refractivity contribution in [3.63, 3.8) is 0 Å². The molecule has 0 saturated carbocycles. The maximum atomic E-state index is 5.31. The fraction of sp³-hybridized carbons (Fsp3) is 0.130. The first-order chi connectivity index (χ1) is 14.1. The summed E-state index contributed by atoms with van der Waals surface area (Å²) in [6, 6.07) is 24.7. The summed E-state index contributed by atoms with van der Waals surface area (Å²) in [7, 11) is 1.67. The molecule has 3 aromatic carbocycles. The Morgan fingerprint density at radius 2 is 1.72 bits per heavy atom. The van der Waals surface area contributed by atoms with E-state index in [0.29, 0.717) is 0 Å². The summed E-state index contributed by atoms with van der Waals surface area (Å²) in [6.07, 6.45) is 0. The Labute approximate surface area is 183 Å². The van der Waals surface area contributed by atoms with Gasteiger partial charge in [0.25, 0.3) is 0 Å². The van der Waals surface area contributed by atoms with Crippen molar-refractivity contribution in [1.29, 1.82) is 0 Å². The van der Waals surface area contributed by atoms with E-state index in [1.165, 1.54) is 11.1 Å². The number of thioether (sulfide) groups is 1. The van der Waals surface area contributed by atoms with Crippen LogP contribution in [0.3, 0.4) is 0 Å². The van der Waals surface area contributed by atoms with Crippen molar-refractivity contribution in [2.24, 2.45) is 0 Å². The van der Waals surface area contributed by atoms with E-state index in [1.807, 2.05) is 36.4 Å². The number of methoxy groups -OCH3 is 1. The van der Waals surface area contributed by atoms with Gasteiger partial charge in [0.15, 0.2) is 11.0 Å². The number of rotatable bonds is 6. The third kappa shape index (κ3) is 4.54. The minimum Gasteiger partial charge on any atom is -0.497 e. The van der Waals surface area contributed by atoms with Crippen molar-refractivity contribution in [2.75, 3.05) is 7.11 Å². The number of nitrogens with zero attached hydrogens (tertiary/aromatic N) is 3. The maximum Gasteiger partial charge on any atom is 0.196 e. The van der Waals surface area contributed by atoms with E-state index in [-0.39, 0.29) is 0 Å². The molecule has 29 heavy (non-hydrogen) atoms. The molecule has 0 bridgehead atoms. The Balaban J connectivity index is 1.73. The fourth-order valence-electron chi connectivity index (χ4n) is 2.99. The monoisotopic (exact) mass is 465 g/mol. The lowest BCUT2D eigenvalue weighted by atomic mass is 10.1. The lowest BCUT2D eigenvalue weighted by Gasteiger charge is -2.11. The van der Waals surface area contributed by atoms with Crippen LogP contribution in [0.4, 0.5) is 0 Å². The van der Waals surface area contributed by atoms with Crippen LogP contribution in [0.2, 0.25) is 0 Å². The third-order valence-electron chi connectivity index (χ3n) is 4.53. The Kier molecular flexibility index (Phi) is 6.02. The predicted molar refractivity (Wildman–Crippen MR) is 122 cm³/mol. The Bertz CT molecular complexity index is 1110. The number of hydrogen-bond donors (Lipinski definition) is 0. The van der Waals surface area contributed by atoms with Crippen molar-refractivity contribution in [3.8, 4) is 22.8 Å². The van der Waals surface area contributed by atoms with Gasteiger partial charge in [0.2, 0.25) is 0 Å².